The molecule has 11 heavy (non-hydrogen) atoms. The number of carbonyl (C=O) groups excluding carboxylic acids is 3. The van der Waals surface area contributed by atoms with Crippen LogP contribution in [0.2, 0.25) is 0 Å². The highest BCUT2D eigenvalue weighted by Crippen LogP contribution is 1.97. The van der Waals surface area contributed by atoms with Gasteiger partial charge in [-0.25, -0.2) is 4.79 Å². The van der Waals surface area contributed by atoms with Crippen LogP contribution in [0.1, 0.15) is 6.42 Å². The fourth-order valence-corrected chi connectivity index (χ4v) is 0.903. The van der Waals surface area contributed by atoms with E-state index in [-0.39, 0.29) is 6.29 Å². The molecule has 1 rings (SSSR count). The number of nitrogens with one attached hydrogen (secondary N) is 1. The van der Waals surface area contributed by atoms with Gasteiger partial charge in [0.15, 0.2) is 0 Å². The molecule has 1 N–H and O–H groups in total. The highest BCUT2D eigenvalue weighted by atomic mass is 16.2. The molecule has 0 aromatic carbocycles. The molecule has 0 aliphatic carbocycles. The van der Waals surface area contributed by atoms with Crippen LogP contribution >= 0.6 is 0 Å². The molecule has 0 atom stereocenters. The van der Waals surface area contributed by atoms with Crippen LogP contribution < -0.4 is 5.32 Å². The second-order valence-electron chi connectivity index (χ2n) is 2.19. The molecule has 1 heterocycles. The van der Waals surface area contributed by atoms with Crippen LogP contribution in [0.4, 0.5) is 4.79 Å². The largest absolute Gasteiger partial charge is 0.338 e. The maximum Gasteiger partial charge on any atom is 0.324 e. The Hall–Kier alpha value is -1.39. The second-order valence-corrected chi connectivity index (χ2v) is 2.19. The minimum absolute atomic E-state index is 0.144. The first-order chi connectivity index (χ1) is 5.25. The van der Waals surface area contributed by atoms with E-state index in [1.54, 1.807) is 0 Å². The number of amides is 3. The van der Waals surface area contributed by atoms with Crippen LogP contribution in [0.25, 0.3) is 0 Å². The van der Waals surface area contributed by atoms with E-state index in [0.29, 0.717) is 19.5 Å². The third kappa shape index (κ3) is 1.54. The van der Waals surface area contributed by atoms with Crippen molar-refractivity contribution < 1.29 is 14.4 Å². The summed E-state index contributed by atoms with van der Waals surface area (Å²) in [4.78, 5) is 32.4. The molecule has 0 bridgehead atoms. The fraction of sp³-hybridized carbons (Fsp3) is 0.500. The molecule has 0 aromatic heterocycles. The van der Waals surface area contributed by atoms with Gasteiger partial charge in [0.1, 0.15) is 0 Å². The van der Waals surface area contributed by atoms with Gasteiger partial charge in [0, 0.05) is 13.1 Å². The first-order valence-electron chi connectivity index (χ1n) is 3.30. The van der Waals surface area contributed by atoms with Gasteiger partial charge < -0.3 is 5.32 Å². The lowest BCUT2D eigenvalue weighted by molar-refractivity contribution is -0.136. The number of hydrogen-bond acceptors (Lipinski definition) is 3. The molecule has 1 aliphatic heterocycles. The van der Waals surface area contributed by atoms with E-state index in [2.05, 4.69) is 5.32 Å². The van der Waals surface area contributed by atoms with E-state index in [9.17, 15) is 14.4 Å². The average molecular weight is 156 g/mol. The molecule has 0 spiro atoms. The molecule has 1 fully saturated rings. The van der Waals surface area contributed by atoms with Crippen LogP contribution in [-0.4, -0.2) is 36.2 Å². The topological polar surface area (TPSA) is 66.5 Å². The lowest BCUT2D eigenvalue weighted by atomic mass is 10.3. The minimum atomic E-state index is -0.776. The van der Waals surface area contributed by atoms with Crippen LogP contribution in [0.3, 0.4) is 0 Å². The maximum absolute atomic E-state index is 10.8. The normalized spacial score (nSPS) is 17.5. The summed E-state index contributed by atoms with van der Waals surface area (Å²) < 4.78 is 0. The summed E-state index contributed by atoms with van der Waals surface area (Å²) in [5.41, 5.74) is 0. The number of carbonyl (C=O) groups is 3. The molecular formula is C6H8N2O3. The predicted molar refractivity (Wildman–Crippen MR) is 35.8 cm³/mol. The Morgan fingerprint density at radius 1 is 1.64 bits per heavy atom. The quantitative estimate of drug-likeness (QED) is 0.396. The molecule has 1 aliphatic rings. The van der Waals surface area contributed by atoms with Gasteiger partial charge in [0.2, 0.25) is 6.29 Å². The van der Waals surface area contributed by atoms with Gasteiger partial charge in [-0.1, -0.05) is 0 Å². The summed E-state index contributed by atoms with van der Waals surface area (Å²) in [5.74, 6) is -0.776. The summed E-state index contributed by atoms with van der Waals surface area (Å²) in [7, 11) is 0. The Bertz CT molecular complexity index is 202. The molecule has 5 heteroatoms. The number of nitrogens with zero attached hydrogens (tertiary/aromatic N) is 1. The van der Waals surface area contributed by atoms with Crippen molar-refractivity contribution in [3.05, 3.63) is 0 Å². The average Bonchev–Trinajstić information content (AvgIpc) is 2.04. The van der Waals surface area contributed by atoms with Crippen molar-refractivity contribution in [3.8, 4) is 0 Å². The fourth-order valence-electron chi connectivity index (χ4n) is 0.903. The zero-order chi connectivity index (χ0) is 8.27. The molecule has 3 amide bonds. The number of imide groups is 1. The van der Waals surface area contributed by atoms with E-state index in [4.69, 9.17) is 0 Å². The smallest absolute Gasteiger partial charge is 0.324 e. The van der Waals surface area contributed by atoms with Crippen molar-refractivity contribution in [3.63, 3.8) is 0 Å². The molecule has 0 unspecified atom stereocenters. The molecule has 0 radical (unpaired) electrons. The zero-order valence-corrected chi connectivity index (χ0v) is 5.87. The minimum Gasteiger partial charge on any atom is -0.338 e. The van der Waals surface area contributed by atoms with Gasteiger partial charge in [0.25, 0.3) is 5.91 Å². The van der Waals surface area contributed by atoms with E-state index in [1.165, 1.54) is 0 Å². The lowest BCUT2D eigenvalue weighted by Crippen LogP contribution is -2.49. The zero-order valence-electron chi connectivity index (χ0n) is 5.87. The third-order valence-corrected chi connectivity index (χ3v) is 1.45. The molecule has 60 valence electrons. The van der Waals surface area contributed by atoms with Crippen molar-refractivity contribution >= 4 is 18.2 Å². The van der Waals surface area contributed by atoms with Crippen LogP contribution in [0, 0.1) is 0 Å². The van der Waals surface area contributed by atoms with E-state index < -0.39 is 11.9 Å². The summed E-state index contributed by atoms with van der Waals surface area (Å²) in [5, 5.41) is 2.45. The highest BCUT2D eigenvalue weighted by molar-refractivity contribution is 6.27. The number of aldehydes is 1. The van der Waals surface area contributed by atoms with Crippen molar-refractivity contribution in [2.45, 2.75) is 6.42 Å². The van der Waals surface area contributed by atoms with Gasteiger partial charge in [-0.3, -0.25) is 14.5 Å². The van der Waals surface area contributed by atoms with Gasteiger partial charge in [0.05, 0.1) is 0 Å². The Morgan fingerprint density at radius 3 is 2.91 bits per heavy atom. The van der Waals surface area contributed by atoms with Gasteiger partial charge >= 0.3 is 6.03 Å². The Morgan fingerprint density at radius 2 is 2.36 bits per heavy atom. The molecule has 1 saturated heterocycles. The molecular weight excluding hydrogens is 148 g/mol. The number of urea groups is 1. The van der Waals surface area contributed by atoms with Crippen LogP contribution in [0.5, 0.6) is 0 Å². The Kier molecular flexibility index (Phi) is 2.20. The molecule has 0 aromatic rings. The molecule has 0 saturated carbocycles. The summed E-state index contributed by atoms with van der Waals surface area (Å²) >= 11 is 0. The third-order valence-electron chi connectivity index (χ3n) is 1.45. The Balaban J connectivity index is 2.61. The van der Waals surface area contributed by atoms with Crippen molar-refractivity contribution in [2.75, 3.05) is 13.1 Å². The van der Waals surface area contributed by atoms with E-state index in [0.717, 1.165) is 4.90 Å². The van der Waals surface area contributed by atoms with Gasteiger partial charge in [-0.05, 0) is 6.42 Å². The monoisotopic (exact) mass is 156 g/mol. The van der Waals surface area contributed by atoms with Crippen molar-refractivity contribution in [1.29, 1.82) is 0 Å². The number of hydrogen-bond donors (Lipinski definition) is 1. The lowest BCUT2D eigenvalue weighted by Gasteiger charge is -2.23. The second kappa shape index (κ2) is 3.14. The van der Waals surface area contributed by atoms with E-state index in [1.807, 2.05) is 0 Å². The summed E-state index contributed by atoms with van der Waals surface area (Å²) in [6, 6.07) is -0.478. The highest BCUT2D eigenvalue weighted by Gasteiger charge is 2.22. The maximum atomic E-state index is 10.8. The number of rotatable bonds is 1. The summed E-state index contributed by atoms with van der Waals surface area (Å²) in [6.45, 7) is 0.908. The van der Waals surface area contributed by atoms with E-state index >= 15 is 0 Å². The SMILES string of the molecule is O=CC(=O)N1CCCNC1=O. The Labute approximate surface area is 63.4 Å². The van der Waals surface area contributed by atoms with Crippen molar-refractivity contribution in [1.82, 2.24) is 10.2 Å². The van der Waals surface area contributed by atoms with Gasteiger partial charge in [-0.2, -0.15) is 0 Å². The summed E-state index contributed by atoms with van der Waals surface area (Å²) in [6.07, 6.45) is 0.843. The van der Waals surface area contributed by atoms with Crippen LogP contribution in [-0.2, 0) is 9.59 Å². The van der Waals surface area contributed by atoms with Crippen LogP contribution in [0.15, 0.2) is 0 Å². The first kappa shape index (κ1) is 7.71. The van der Waals surface area contributed by atoms with Gasteiger partial charge in [-0.15, -0.1) is 0 Å². The van der Waals surface area contributed by atoms with Crippen molar-refractivity contribution in [2.24, 2.45) is 0 Å². The molecule has 5 nitrogen and oxygen atoms in total. The predicted octanol–water partition coefficient (Wildman–Crippen LogP) is -0.873. The first-order valence-corrected chi connectivity index (χ1v) is 3.30. The standard InChI is InChI=1S/C6H8N2O3/c9-4-5(10)8-3-1-2-7-6(8)11/h4H,1-3H2,(H,7,11).